The van der Waals surface area contributed by atoms with Gasteiger partial charge in [-0.3, -0.25) is 15.5 Å². The third kappa shape index (κ3) is 3.65. The summed E-state index contributed by atoms with van der Waals surface area (Å²) >= 11 is 3.07. The molecule has 0 atom stereocenters. The first-order chi connectivity index (χ1) is 12.5. The van der Waals surface area contributed by atoms with E-state index in [9.17, 15) is 15.2 Å². The van der Waals surface area contributed by atoms with Gasteiger partial charge in [-0.1, -0.05) is 6.07 Å². The Morgan fingerprint density at radius 2 is 2.27 bits per heavy atom. The summed E-state index contributed by atoms with van der Waals surface area (Å²) < 4.78 is 4.96. The Morgan fingerprint density at radius 1 is 1.46 bits per heavy atom. The number of aromatic nitrogens is 1. The second-order valence-electron chi connectivity index (χ2n) is 5.12. The average Bonchev–Trinajstić information content (AvgIpc) is 3.25. The molecular formula is C16H14N4O4S2. The van der Waals surface area contributed by atoms with Crippen molar-refractivity contribution in [3.63, 3.8) is 0 Å². The molecular weight excluding hydrogens is 376 g/mol. The van der Waals surface area contributed by atoms with Crippen LogP contribution in [0.4, 0.5) is 10.8 Å². The standard InChI is InChI=1S/C16H14N4O4S2/c1-9-14(13-4-3-5-25-13)18-16(26-9)19-17-8-10-6-11(20(22)23)15(21)12(7-10)24-2/h3-8,21H,1-2H3,(H,18,19)/b17-8-. The number of hydrogen-bond donors (Lipinski definition) is 2. The topological polar surface area (TPSA) is 110 Å². The third-order valence-electron chi connectivity index (χ3n) is 3.42. The fraction of sp³-hybridized carbons (Fsp3) is 0.125. The molecule has 2 aromatic heterocycles. The smallest absolute Gasteiger partial charge is 0.315 e. The highest BCUT2D eigenvalue weighted by Gasteiger charge is 2.19. The summed E-state index contributed by atoms with van der Waals surface area (Å²) in [5.74, 6) is -0.510. The van der Waals surface area contributed by atoms with Crippen LogP contribution in [0.3, 0.4) is 0 Å². The van der Waals surface area contributed by atoms with Crippen molar-refractivity contribution in [2.75, 3.05) is 12.5 Å². The highest BCUT2D eigenvalue weighted by molar-refractivity contribution is 7.17. The quantitative estimate of drug-likeness (QED) is 0.370. The number of thiazole rings is 1. The van der Waals surface area contributed by atoms with Crippen molar-refractivity contribution in [2.24, 2.45) is 5.10 Å². The van der Waals surface area contributed by atoms with E-state index in [4.69, 9.17) is 4.74 Å². The van der Waals surface area contributed by atoms with Gasteiger partial charge in [0.2, 0.25) is 10.9 Å². The number of methoxy groups -OCH3 is 1. The van der Waals surface area contributed by atoms with Gasteiger partial charge >= 0.3 is 5.69 Å². The van der Waals surface area contributed by atoms with Gasteiger partial charge in [0, 0.05) is 16.5 Å². The minimum Gasteiger partial charge on any atom is -0.500 e. The number of nitro benzene ring substituents is 1. The Kier molecular flexibility index (Phi) is 5.14. The van der Waals surface area contributed by atoms with E-state index in [1.165, 1.54) is 36.8 Å². The number of rotatable bonds is 6. The largest absolute Gasteiger partial charge is 0.500 e. The fourth-order valence-corrected chi connectivity index (χ4v) is 3.84. The van der Waals surface area contributed by atoms with Crippen molar-refractivity contribution in [2.45, 2.75) is 6.92 Å². The molecule has 2 N–H and O–H groups in total. The SMILES string of the molecule is COc1cc(/C=N\Nc2nc(-c3cccs3)c(C)s2)cc([N+](=O)[O-])c1O. The van der Waals surface area contributed by atoms with Crippen LogP contribution >= 0.6 is 22.7 Å². The molecule has 0 aliphatic carbocycles. The highest BCUT2D eigenvalue weighted by atomic mass is 32.1. The second-order valence-corrected chi connectivity index (χ2v) is 7.27. The lowest BCUT2D eigenvalue weighted by Gasteiger charge is -2.04. The molecule has 8 nitrogen and oxygen atoms in total. The molecule has 0 amide bonds. The van der Waals surface area contributed by atoms with Gasteiger partial charge in [0.15, 0.2) is 5.75 Å². The molecule has 0 bridgehead atoms. The summed E-state index contributed by atoms with van der Waals surface area (Å²) in [6.07, 6.45) is 1.40. The number of nitrogens with zero attached hydrogens (tertiary/aromatic N) is 3. The van der Waals surface area contributed by atoms with Gasteiger partial charge in [-0.15, -0.1) is 22.7 Å². The fourth-order valence-electron chi connectivity index (χ4n) is 2.23. The first-order valence-corrected chi connectivity index (χ1v) is 9.05. The minimum absolute atomic E-state index is 0.00530. The van der Waals surface area contributed by atoms with Crippen molar-refractivity contribution in [3.8, 4) is 22.1 Å². The Labute approximate surface area is 156 Å². The molecule has 3 aromatic rings. The zero-order chi connectivity index (χ0) is 18.7. The van der Waals surface area contributed by atoms with Crippen LogP contribution in [0.5, 0.6) is 11.5 Å². The number of hydrogen-bond acceptors (Lipinski definition) is 9. The maximum absolute atomic E-state index is 11.0. The van der Waals surface area contributed by atoms with Crippen LogP contribution in [0.2, 0.25) is 0 Å². The number of anilines is 1. The number of nitrogens with one attached hydrogen (secondary N) is 1. The Hall–Kier alpha value is -2.98. The maximum Gasteiger partial charge on any atom is 0.315 e. The molecule has 0 fully saturated rings. The monoisotopic (exact) mass is 390 g/mol. The lowest BCUT2D eigenvalue weighted by molar-refractivity contribution is -0.386. The second kappa shape index (κ2) is 7.50. The Morgan fingerprint density at radius 3 is 2.92 bits per heavy atom. The molecule has 0 unspecified atom stereocenters. The number of phenols is 1. The molecule has 0 spiro atoms. The normalized spacial score (nSPS) is 11.0. The summed E-state index contributed by atoms with van der Waals surface area (Å²) in [6, 6.07) is 6.64. The first kappa shape index (κ1) is 17.8. The molecule has 0 saturated heterocycles. The summed E-state index contributed by atoms with van der Waals surface area (Å²) in [4.78, 5) is 17.0. The minimum atomic E-state index is -0.680. The third-order valence-corrected chi connectivity index (χ3v) is 5.17. The molecule has 2 heterocycles. The highest BCUT2D eigenvalue weighted by Crippen LogP contribution is 2.36. The van der Waals surface area contributed by atoms with Gasteiger partial charge < -0.3 is 9.84 Å². The number of thiophene rings is 1. The summed E-state index contributed by atoms with van der Waals surface area (Å²) in [5.41, 5.74) is 3.69. The van der Waals surface area contributed by atoms with Crippen LogP contribution in [-0.4, -0.2) is 28.3 Å². The molecule has 26 heavy (non-hydrogen) atoms. The van der Waals surface area contributed by atoms with Crippen LogP contribution in [0.15, 0.2) is 34.7 Å². The number of benzene rings is 1. The van der Waals surface area contributed by atoms with Crippen molar-refractivity contribution in [1.82, 2.24) is 4.98 Å². The molecule has 10 heteroatoms. The lowest BCUT2D eigenvalue weighted by Crippen LogP contribution is -1.96. The van der Waals surface area contributed by atoms with Gasteiger partial charge in [0.05, 0.1) is 28.8 Å². The maximum atomic E-state index is 11.0. The van der Waals surface area contributed by atoms with Crippen molar-refractivity contribution >= 4 is 39.7 Å². The number of ether oxygens (including phenoxy) is 1. The van der Waals surface area contributed by atoms with Crippen LogP contribution < -0.4 is 10.2 Å². The van der Waals surface area contributed by atoms with Gasteiger partial charge in [0.1, 0.15) is 0 Å². The lowest BCUT2D eigenvalue weighted by atomic mass is 10.2. The molecule has 1 aromatic carbocycles. The summed E-state index contributed by atoms with van der Waals surface area (Å²) in [6.45, 7) is 1.98. The van der Waals surface area contributed by atoms with Crippen LogP contribution in [0, 0.1) is 17.0 Å². The van der Waals surface area contributed by atoms with Gasteiger partial charge in [-0.05, 0) is 24.4 Å². The number of nitro groups is 1. The molecule has 0 aliphatic heterocycles. The molecule has 3 rings (SSSR count). The predicted molar refractivity (Wildman–Crippen MR) is 103 cm³/mol. The predicted octanol–water partition coefficient (Wildman–Crippen LogP) is 4.25. The Bertz CT molecular complexity index is 967. The zero-order valence-electron chi connectivity index (χ0n) is 13.8. The molecule has 0 saturated carbocycles. The van der Waals surface area contributed by atoms with Crippen LogP contribution in [0.25, 0.3) is 10.6 Å². The van der Waals surface area contributed by atoms with E-state index >= 15 is 0 Å². The van der Waals surface area contributed by atoms with Gasteiger partial charge in [0.25, 0.3) is 0 Å². The van der Waals surface area contributed by atoms with Crippen molar-refractivity contribution in [3.05, 3.63) is 50.2 Å². The van der Waals surface area contributed by atoms with Crippen molar-refractivity contribution < 1.29 is 14.8 Å². The van der Waals surface area contributed by atoms with E-state index in [0.29, 0.717) is 10.7 Å². The Balaban J connectivity index is 1.80. The van der Waals surface area contributed by atoms with E-state index in [-0.39, 0.29) is 5.75 Å². The first-order valence-electron chi connectivity index (χ1n) is 7.35. The average molecular weight is 390 g/mol. The molecule has 134 valence electrons. The van der Waals surface area contributed by atoms with E-state index in [1.807, 2.05) is 24.4 Å². The van der Waals surface area contributed by atoms with Gasteiger partial charge in [-0.25, -0.2) is 4.98 Å². The van der Waals surface area contributed by atoms with Crippen LogP contribution in [0.1, 0.15) is 10.4 Å². The zero-order valence-corrected chi connectivity index (χ0v) is 15.4. The molecule has 0 aliphatic rings. The van der Waals surface area contributed by atoms with Crippen LogP contribution in [-0.2, 0) is 0 Å². The summed E-state index contributed by atoms with van der Waals surface area (Å²) in [7, 11) is 1.32. The van der Waals surface area contributed by atoms with Crippen molar-refractivity contribution in [1.29, 1.82) is 0 Å². The summed E-state index contributed by atoms with van der Waals surface area (Å²) in [5, 5.41) is 27.5. The van der Waals surface area contributed by atoms with E-state index in [1.54, 1.807) is 11.3 Å². The van der Waals surface area contributed by atoms with E-state index in [0.717, 1.165) is 15.4 Å². The number of phenolic OH excluding ortho intramolecular Hbond substituents is 1. The van der Waals surface area contributed by atoms with E-state index < -0.39 is 16.4 Å². The number of hydrazone groups is 1. The molecule has 0 radical (unpaired) electrons. The number of aryl methyl sites for hydroxylation is 1. The van der Waals surface area contributed by atoms with Gasteiger partial charge in [-0.2, -0.15) is 5.10 Å². The number of aromatic hydroxyl groups is 1. The van der Waals surface area contributed by atoms with E-state index in [2.05, 4.69) is 15.5 Å².